The predicted octanol–water partition coefficient (Wildman–Crippen LogP) is 2.07. The molecule has 0 bridgehead atoms. The summed E-state index contributed by atoms with van der Waals surface area (Å²) in [6, 6.07) is 7.49. The Labute approximate surface area is 97.2 Å². The molecular weight excluding hydrogens is 200 g/mol. The van der Waals surface area contributed by atoms with Gasteiger partial charge < -0.3 is 10.6 Å². The van der Waals surface area contributed by atoms with E-state index in [0.29, 0.717) is 12.1 Å². The monoisotopic (exact) mass is 220 g/mol. The Hall–Kier alpha value is -1.51. The third-order valence-corrected chi connectivity index (χ3v) is 2.58. The third kappa shape index (κ3) is 3.93. The summed E-state index contributed by atoms with van der Waals surface area (Å²) in [4.78, 5) is 13.6. The summed E-state index contributed by atoms with van der Waals surface area (Å²) in [6.07, 6.45) is 2.60. The lowest BCUT2D eigenvalue weighted by molar-refractivity contribution is -0.129. The molecule has 3 heteroatoms. The highest BCUT2D eigenvalue weighted by Gasteiger charge is 2.08. The topological polar surface area (TPSA) is 46.3 Å². The minimum atomic E-state index is 0.152. The number of carbonyl (C=O) groups excluding carboxylic acids is 1. The molecule has 0 fully saturated rings. The summed E-state index contributed by atoms with van der Waals surface area (Å²) in [7, 11) is 1.85. The molecule has 0 spiro atoms. The van der Waals surface area contributed by atoms with E-state index in [1.165, 1.54) is 0 Å². The van der Waals surface area contributed by atoms with Crippen LogP contribution in [-0.2, 0) is 11.2 Å². The highest BCUT2D eigenvalue weighted by molar-refractivity contribution is 5.78. The molecule has 16 heavy (non-hydrogen) atoms. The largest absolute Gasteiger partial charge is 0.399 e. The molecule has 0 saturated carbocycles. The minimum absolute atomic E-state index is 0.152. The van der Waals surface area contributed by atoms with Crippen LogP contribution in [0.3, 0.4) is 0 Å². The van der Waals surface area contributed by atoms with E-state index in [-0.39, 0.29) is 5.91 Å². The van der Waals surface area contributed by atoms with Crippen LogP contribution < -0.4 is 5.73 Å². The van der Waals surface area contributed by atoms with Gasteiger partial charge >= 0.3 is 0 Å². The molecule has 0 heterocycles. The number of hydrogen-bond donors (Lipinski definition) is 1. The van der Waals surface area contributed by atoms with Crippen LogP contribution >= 0.6 is 0 Å². The van der Waals surface area contributed by atoms with E-state index in [1.54, 1.807) is 4.90 Å². The smallest absolute Gasteiger partial charge is 0.226 e. The molecule has 1 aromatic carbocycles. The number of carbonyl (C=O) groups is 1. The summed E-state index contributed by atoms with van der Waals surface area (Å²) in [6.45, 7) is 2.95. The number of nitrogen functional groups attached to an aromatic ring is 1. The van der Waals surface area contributed by atoms with Crippen LogP contribution in [-0.4, -0.2) is 24.4 Å². The van der Waals surface area contributed by atoms with E-state index < -0.39 is 0 Å². The van der Waals surface area contributed by atoms with Gasteiger partial charge in [-0.15, -0.1) is 0 Å². The normalized spacial score (nSPS) is 10.1. The van der Waals surface area contributed by atoms with Gasteiger partial charge in [0.2, 0.25) is 5.91 Å². The Morgan fingerprint density at radius 2 is 2.19 bits per heavy atom. The fourth-order valence-electron chi connectivity index (χ4n) is 1.53. The van der Waals surface area contributed by atoms with E-state index in [9.17, 15) is 4.79 Å². The first-order valence-corrected chi connectivity index (χ1v) is 5.72. The number of rotatable bonds is 5. The summed E-state index contributed by atoms with van der Waals surface area (Å²) in [5, 5.41) is 0. The molecule has 0 aromatic heterocycles. The number of unbranched alkanes of at least 4 members (excludes halogenated alkanes) is 1. The van der Waals surface area contributed by atoms with E-state index in [0.717, 1.165) is 24.9 Å². The van der Waals surface area contributed by atoms with E-state index in [1.807, 2.05) is 31.3 Å². The second-order valence-electron chi connectivity index (χ2n) is 4.09. The molecule has 0 aliphatic carbocycles. The standard InChI is InChI=1S/C13H20N2O/c1-3-4-8-15(2)13(16)10-11-6-5-7-12(14)9-11/h5-7,9H,3-4,8,10,14H2,1-2H3. The summed E-state index contributed by atoms with van der Waals surface area (Å²) < 4.78 is 0. The highest BCUT2D eigenvalue weighted by atomic mass is 16.2. The average molecular weight is 220 g/mol. The number of likely N-dealkylation sites (N-methyl/N-ethyl adjacent to an activating group) is 1. The maximum atomic E-state index is 11.8. The lowest BCUT2D eigenvalue weighted by atomic mass is 10.1. The van der Waals surface area contributed by atoms with Gasteiger partial charge in [-0.25, -0.2) is 0 Å². The van der Waals surface area contributed by atoms with Gasteiger partial charge in [-0.05, 0) is 24.1 Å². The van der Waals surface area contributed by atoms with E-state index >= 15 is 0 Å². The van der Waals surface area contributed by atoms with Gasteiger partial charge in [-0.2, -0.15) is 0 Å². The Morgan fingerprint density at radius 3 is 2.81 bits per heavy atom. The predicted molar refractivity (Wildman–Crippen MR) is 67.1 cm³/mol. The summed E-state index contributed by atoms with van der Waals surface area (Å²) >= 11 is 0. The maximum absolute atomic E-state index is 11.8. The third-order valence-electron chi connectivity index (χ3n) is 2.58. The molecule has 0 aliphatic rings. The molecule has 1 amide bonds. The zero-order valence-corrected chi connectivity index (χ0v) is 10.1. The van der Waals surface area contributed by atoms with Crippen molar-refractivity contribution in [3.63, 3.8) is 0 Å². The zero-order chi connectivity index (χ0) is 12.0. The van der Waals surface area contributed by atoms with Crippen LogP contribution in [0.4, 0.5) is 5.69 Å². The van der Waals surface area contributed by atoms with Gasteiger partial charge in [-0.1, -0.05) is 25.5 Å². The molecule has 0 unspecified atom stereocenters. The Balaban J connectivity index is 2.50. The first-order chi connectivity index (χ1) is 7.63. The van der Waals surface area contributed by atoms with Gasteiger partial charge in [-0.3, -0.25) is 4.79 Å². The Bertz CT molecular complexity index is 350. The Kier molecular flexibility index (Phi) is 4.83. The summed E-state index contributed by atoms with van der Waals surface area (Å²) in [5.41, 5.74) is 7.36. The highest BCUT2D eigenvalue weighted by Crippen LogP contribution is 2.08. The maximum Gasteiger partial charge on any atom is 0.226 e. The SMILES string of the molecule is CCCCN(C)C(=O)Cc1cccc(N)c1. The lowest BCUT2D eigenvalue weighted by Gasteiger charge is -2.16. The van der Waals surface area contributed by atoms with Crippen LogP contribution in [0.1, 0.15) is 25.3 Å². The van der Waals surface area contributed by atoms with Gasteiger partial charge in [0.05, 0.1) is 6.42 Å². The van der Waals surface area contributed by atoms with Gasteiger partial charge in [0.15, 0.2) is 0 Å². The zero-order valence-electron chi connectivity index (χ0n) is 10.1. The molecule has 1 rings (SSSR count). The second-order valence-corrected chi connectivity index (χ2v) is 4.09. The van der Waals surface area contributed by atoms with Crippen LogP contribution in [0.2, 0.25) is 0 Å². The molecule has 0 atom stereocenters. The molecule has 0 radical (unpaired) electrons. The van der Waals surface area contributed by atoms with Crippen molar-refractivity contribution in [2.24, 2.45) is 0 Å². The molecule has 88 valence electrons. The number of benzene rings is 1. The molecule has 0 aliphatic heterocycles. The van der Waals surface area contributed by atoms with Crippen LogP contribution in [0.25, 0.3) is 0 Å². The van der Waals surface area contributed by atoms with Crippen molar-refractivity contribution in [2.75, 3.05) is 19.3 Å². The van der Waals surface area contributed by atoms with Crippen molar-refractivity contribution in [3.8, 4) is 0 Å². The quantitative estimate of drug-likeness (QED) is 0.772. The molecule has 3 nitrogen and oxygen atoms in total. The molecule has 0 saturated heterocycles. The summed E-state index contributed by atoms with van der Waals surface area (Å²) in [5.74, 6) is 0.152. The van der Waals surface area contributed by atoms with Crippen molar-refractivity contribution < 1.29 is 4.79 Å². The first kappa shape index (κ1) is 12.6. The molecule has 1 aromatic rings. The first-order valence-electron chi connectivity index (χ1n) is 5.72. The number of nitrogens with zero attached hydrogens (tertiary/aromatic N) is 1. The van der Waals surface area contributed by atoms with Crippen molar-refractivity contribution in [2.45, 2.75) is 26.2 Å². The van der Waals surface area contributed by atoms with Crippen LogP contribution in [0.15, 0.2) is 24.3 Å². The lowest BCUT2D eigenvalue weighted by Crippen LogP contribution is -2.29. The van der Waals surface area contributed by atoms with Crippen molar-refractivity contribution in [1.82, 2.24) is 4.90 Å². The minimum Gasteiger partial charge on any atom is -0.399 e. The average Bonchev–Trinajstić information content (AvgIpc) is 2.25. The second kappa shape index (κ2) is 6.16. The van der Waals surface area contributed by atoms with Crippen molar-refractivity contribution in [3.05, 3.63) is 29.8 Å². The number of nitrogens with two attached hydrogens (primary N) is 1. The van der Waals surface area contributed by atoms with Crippen LogP contribution in [0, 0.1) is 0 Å². The number of amides is 1. The van der Waals surface area contributed by atoms with Crippen molar-refractivity contribution >= 4 is 11.6 Å². The number of anilines is 1. The van der Waals surface area contributed by atoms with Crippen molar-refractivity contribution in [1.29, 1.82) is 0 Å². The fourth-order valence-corrected chi connectivity index (χ4v) is 1.53. The molecular formula is C13H20N2O. The molecule has 2 N–H and O–H groups in total. The van der Waals surface area contributed by atoms with Crippen LogP contribution in [0.5, 0.6) is 0 Å². The Morgan fingerprint density at radius 1 is 1.44 bits per heavy atom. The van der Waals surface area contributed by atoms with Gasteiger partial charge in [0, 0.05) is 19.3 Å². The fraction of sp³-hybridized carbons (Fsp3) is 0.462. The van der Waals surface area contributed by atoms with E-state index in [4.69, 9.17) is 5.73 Å². The van der Waals surface area contributed by atoms with Gasteiger partial charge in [0.1, 0.15) is 0 Å². The van der Waals surface area contributed by atoms with E-state index in [2.05, 4.69) is 6.92 Å². The number of hydrogen-bond acceptors (Lipinski definition) is 2. The van der Waals surface area contributed by atoms with Gasteiger partial charge in [0.25, 0.3) is 0 Å².